The van der Waals surface area contributed by atoms with Crippen LogP contribution >= 0.6 is 11.3 Å². The Labute approximate surface area is 196 Å². The van der Waals surface area contributed by atoms with Crippen molar-refractivity contribution >= 4 is 38.7 Å². The lowest BCUT2D eigenvalue weighted by molar-refractivity contribution is -0.0763. The van der Waals surface area contributed by atoms with Crippen molar-refractivity contribution in [3.05, 3.63) is 46.6 Å². The molecule has 9 nitrogen and oxygen atoms in total. The minimum Gasteiger partial charge on any atom is -0.444 e. The number of carbonyl (C=O) groups is 2. The Morgan fingerprint density at radius 3 is 2.45 bits per heavy atom. The van der Waals surface area contributed by atoms with E-state index in [1.807, 2.05) is 0 Å². The summed E-state index contributed by atoms with van der Waals surface area (Å²) in [6, 6.07) is 6.64. The Morgan fingerprint density at radius 1 is 1.27 bits per heavy atom. The molecule has 12 heteroatoms. The molecule has 2 rings (SSSR count). The molecule has 0 aliphatic heterocycles. The summed E-state index contributed by atoms with van der Waals surface area (Å²) in [6.07, 6.45) is -1.13. The maximum Gasteiger partial charge on any atom is 0.412 e. The van der Waals surface area contributed by atoms with E-state index in [-0.39, 0.29) is 28.1 Å². The molecule has 1 heterocycles. The first-order chi connectivity index (χ1) is 15.4. The zero-order valence-corrected chi connectivity index (χ0v) is 20.6. The molecular formula is C21H27FN2O7S2. The second kappa shape index (κ2) is 11.2. The number of ether oxygens (including phenoxy) is 3. The molecule has 0 bridgehead atoms. The first-order valence-electron chi connectivity index (χ1n) is 9.78. The van der Waals surface area contributed by atoms with Crippen LogP contribution in [0.5, 0.6) is 0 Å². The van der Waals surface area contributed by atoms with Crippen LogP contribution in [0.25, 0.3) is 0 Å². The average Bonchev–Trinajstić information content (AvgIpc) is 3.13. The molecule has 33 heavy (non-hydrogen) atoms. The molecule has 2 aromatic rings. The molecule has 1 amide bonds. The van der Waals surface area contributed by atoms with E-state index in [1.54, 1.807) is 20.8 Å². The molecule has 0 saturated heterocycles. The summed E-state index contributed by atoms with van der Waals surface area (Å²) in [5.41, 5.74) is -0.257. The van der Waals surface area contributed by atoms with E-state index in [0.29, 0.717) is 11.8 Å². The molecule has 1 atom stereocenters. The lowest BCUT2D eigenvalue weighted by Crippen LogP contribution is -2.33. The van der Waals surface area contributed by atoms with Gasteiger partial charge in [0.1, 0.15) is 28.1 Å². The van der Waals surface area contributed by atoms with Crippen molar-refractivity contribution in [3.8, 4) is 0 Å². The molecule has 1 aromatic heterocycles. The minimum atomic E-state index is -4.16. The highest BCUT2D eigenvalue weighted by Gasteiger charge is 2.30. The fraction of sp³-hybridized carbons (Fsp3) is 0.429. The Morgan fingerprint density at radius 2 is 1.91 bits per heavy atom. The van der Waals surface area contributed by atoms with Crippen molar-refractivity contribution in [2.75, 3.05) is 32.8 Å². The van der Waals surface area contributed by atoms with Gasteiger partial charge in [-0.2, -0.15) is 4.31 Å². The van der Waals surface area contributed by atoms with E-state index in [2.05, 4.69) is 5.32 Å². The van der Waals surface area contributed by atoms with Gasteiger partial charge >= 0.3 is 6.09 Å². The van der Waals surface area contributed by atoms with Gasteiger partial charge in [-0.05, 0) is 44.5 Å². The normalized spacial score (nSPS) is 13.1. The van der Waals surface area contributed by atoms with Crippen molar-refractivity contribution in [3.63, 3.8) is 0 Å². The first kappa shape index (κ1) is 26.9. The summed E-state index contributed by atoms with van der Waals surface area (Å²) < 4.78 is 56.7. The summed E-state index contributed by atoms with van der Waals surface area (Å²) in [5.74, 6) is -0.442. The van der Waals surface area contributed by atoms with Crippen LogP contribution in [0.3, 0.4) is 0 Å². The van der Waals surface area contributed by atoms with Crippen LogP contribution in [0, 0.1) is 5.82 Å². The van der Waals surface area contributed by atoms with Crippen molar-refractivity contribution in [1.29, 1.82) is 0 Å². The van der Waals surface area contributed by atoms with E-state index in [1.165, 1.54) is 44.5 Å². The Kier molecular flexibility index (Phi) is 9.09. The fourth-order valence-electron chi connectivity index (χ4n) is 2.71. The molecular weight excluding hydrogens is 475 g/mol. The first-order valence-corrected chi connectivity index (χ1v) is 12.0. The number of nitrogens with zero attached hydrogens (tertiary/aromatic N) is 1. The molecule has 1 aromatic carbocycles. The minimum absolute atomic E-state index is 0.0469. The lowest BCUT2D eigenvalue weighted by Gasteiger charge is -2.24. The molecule has 182 valence electrons. The third-order valence-electron chi connectivity index (χ3n) is 4.19. The smallest absolute Gasteiger partial charge is 0.412 e. The number of nitrogens with one attached hydrogen (secondary N) is 1. The average molecular weight is 503 g/mol. The summed E-state index contributed by atoms with van der Waals surface area (Å²) >= 11 is 0.810. The van der Waals surface area contributed by atoms with Gasteiger partial charge in [-0.25, -0.2) is 17.6 Å². The summed E-state index contributed by atoms with van der Waals surface area (Å²) in [7, 11) is -1.41. The van der Waals surface area contributed by atoms with Crippen LogP contribution in [0.4, 0.5) is 14.2 Å². The predicted molar refractivity (Wildman–Crippen MR) is 121 cm³/mol. The monoisotopic (exact) mass is 502 g/mol. The van der Waals surface area contributed by atoms with Crippen molar-refractivity contribution in [1.82, 2.24) is 4.31 Å². The number of benzene rings is 1. The topological polar surface area (TPSA) is 111 Å². The van der Waals surface area contributed by atoms with Crippen LogP contribution in [-0.4, -0.2) is 58.2 Å². The van der Waals surface area contributed by atoms with Gasteiger partial charge in [0, 0.05) is 20.7 Å². The standard InChI is InChI=1S/C21H27FN2O7S2/c1-21(2,3)31-20(26)23-19-18(10-16(12-25)32-19)33(27,28)24(4)11-17(30-13-29-5)14-6-8-15(22)9-7-14/h6-10,12,17H,11,13H2,1-5H3,(H,23,26). The summed E-state index contributed by atoms with van der Waals surface area (Å²) in [4.78, 5) is 23.3. The van der Waals surface area contributed by atoms with E-state index in [0.717, 1.165) is 15.6 Å². The predicted octanol–water partition coefficient (Wildman–Crippen LogP) is 4.03. The Hall–Kier alpha value is -2.38. The zero-order valence-electron chi connectivity index (χ0n) is 19.0. The fourth-order valence-corrected chi connectivity index (χ4v) is 5.21. The van der Waals surface area contributed by atoms with Gasteiger partial charge in [-0.3, -0.25) is 10.1 Å². The van der Waals surface area contributed by atoms with Crippen LogP contribution in [-0.2, 0) is 24.2 Å². The van der Waals surface area contributed by atoms with Gasteiger partial charge in [0.2, 0.25) is 10.0 Å². The van der Waals surface area contributed by atoms with E-state index in [4.69, 9.17) is 14.2 Å². The maximum atomic E-state index is 13.3. The highest BCUT2D eigenvalue weighted by Crippen LogP contribution is 2.34. The van der Waals surface area contributed by atoms with Crippen LogP contribution in [0.2, 0.25) is 0 Å². The number of aldehydes is 1. The number of methoxy groups -OCH3 is 1. The van der Waals surface area contributed by atoms with Crippen molar-refractivity contribution in [2.45, 2.75) is 37.4 Å². The second-order valence-electron chi connectivity index (χ2n) is 7.99. The molecule has 1 unspecified atom stereocenters. The Bertz CT molecular complexity index is 1060. The van der Waals surface area contributed by atoms with Crippen LogP contribution < -0.4 is 5.32 Å². The quantitative estimate of drug-likeness (QED) is 0.386. The van der Waals surface area contributed by atoms with E-state index >= 15 is 0 Å². The van der Waals surface area contributed by atoms with Gasteiger partial charge in [0.25, 0.3) is 0 Å². The number of rotatable bonds is 10. The van der Waals surface area contributed by atoms with Gasteiger partial charge in [0.05, 0.1) is 11.0 Å². The molecule has 1 N–H and O–H groups in total. The van der Waals surface area contributed by atoms with Crippen molar-refractivity contribution < 1.29 is 36.6 Å². The number of hydrogen-bond acceptors (Lipinski definition) is 8. The SMILES string of the molecule is COCOC(CN(C)S(=O)(=O)c1cc(C=O)sc1NC(=O)OC(C)(C)C)c1ccc(F)cc1. The number of amides is 1. The van der Waals surface area contributed by atoms with Crippen LogP contribution in [0.15, 0.2) is 35.2 Å². The number of anilines is 1. The molecule has 0 aliphatic carbocycles. The lowest BCUT2D eigenvalue weighted by atomic mass is 10.1. The van der Waals surface area contributed by atoms with E-state index < -0.39 is 33.6 Å². The highest BCUT2D eigenvalue weighted by molar-refractivity contribution is 7.89. The summed E-state index contributed by atoms with van der Waals surface area (Å²) in [5, 5.41) is 2.36. The van der Waals surface area contributed by atoms with Gasteiger partial charge in [-0.1, -0.05) is 12.1 Å². The molecule has 0 saturated carbocycles. The largest absolute Gasteiger partial charge is 0.444 e. The number of carbonyl (C=O) groups excluding carboxylic acids is 2. The number of likely N-dealkylation sites (N-methyl/N-ethyl adjacent to an activating group) is 1. The number of halogens is 1. The van der Waals surface area contributed by atoms with Gasteiger partial charge in [-0.15, -0.1) is 11.3 Å². The van der Waals surface area contributed by atoms with Gasteiger partial charge < -0.3 is 14.2 Å². The number of sulfonamides is 1. The maximum absolute atomic E-state index is 13.3. The molecule has 0 spiro atoms. The number of thiophene rings is 1. The second-order valence-corrected chi connectivity index (χ2v) is 11.1. The molecule has 0 aliphatic rings. The van der Waals surface area contributed by atoms with Crippen LogP contribution in [0.1, 0.15) is 42.1 Å². The zero-order chi connectivity index (χ0) is 24.8. The highest BCUT2D eigenvalue weighted by atomic mass is 32.2. The molecule has 0 radical (unpaired) electrons. The van der Waals surface area contributed by atoms with Gasteiger partial charge in [0.15, 0.2) is 6.29 Å². The third kappa shape index (κ3) is 7.57. The third-order valence-corrected chi connectivity index (χ3v) is 7.14. The van der Waals surface area contributed by atoms with E-state index in [9.17, 15) is 22.4 Å². The summed E-state index contributed by atoms with van der Waals surface area (Å²) in [6.45, 7) is 4.74. The number of hydrogen-bond donors (Lipinski definition) is 1. The molecule has 0 fully saturated rings. The van der Waals surface area contributed by atoms with Crippen molar-refractivity contribution in [2.24, 2.45) is 0 Å². The Balaban J connectivity index is 2.32.